The first-order chi connectivity index (χ1) is 11.0. The summed E-state index contributed by atoms with van der Waals surface area (Å²) in [5, 5.41) is 23.9. The number of hydrogen-bond donors (Lipinski definition) is 1. The van der Waals surface area contributed by atoms with E-state index in [2.05, 4.69) is 5.10 Å². The van der Waals surface area contributed by atoms with Crippen LogP contribution in [0.5, 0.6) is 0 Å². The molecule has 2 fully saturated rings. The van der Waals surface area contributed by atoms with Crippen LogP contribution < -0.4 is 0 Å². The average Bonchev–Trinajstić information content (AvgIpc) is 3.11. The van der Waals surface area contributed by atoms with E-state index in [0.29, 0.717) is 6.42 Å². The molecule has 0 spiro atoms. The zero-order chi connectivity index (χ0) is 16.6. The van der Waals surface area contributed by atoms with Crippen molar-refractivity contribution in [2.24, 2.45) is 5.92 Å². The number of amides is 1. The van der Waals surface area contributed by atoms with Crippen molar-refractivity contribution in [3.63, 3.8) is 0 Å². The maximum absolute atomic E-state index is 12.6. The predicted molar refractivity (Wildman–Crippen MR) is 77.5 cm³/mol. The SMILES string of the molecule is O=C(O)C1CC2CCCCC2N1C(=O)Cn1cc([N+](=O)[O-])cn1. The highest BCUT2D eigenvalue weighted by molar-refractivity contribution is 5.84. The first kappa shape index (κ1) is 15.4. The van der Waals surface area contributed by atoms with Crippen LogP contribution in [0.1, 0.15) is 32.1 Å². The summed E-state index contributed by atoms with van der Waals surface area (Å²) in [5.41, 5.74) is -0.190. The Morgan fingerprint density at radius 3 is 2.78 bits per heavy atom. The molecule has 1 aromatic rings. The number of carboxylic acids is 1. The fourth-order valence-electron chi connectivity index (χ4n) is 3.79. The standard InChI is InChI=1S/C14H18N4O5/c19-13(8-16-7-10(6-15-16)18(22)23)17-11-4-2-1-3-9(11)5-12(17)14(20)21/h6-7,9,11-12H,1-5,8H2,(H,20,21). The van der Waals surface area contributed by atoms with E-state index in [-0.39, 0.29) is 30.1 Å². The number of fused-ring (bicyclic) bond motifs is 1. The number of likely N-dealkylation sites (tertiary alicyclic amines) is 1. The van der Waals surface area contributed by atoms with Crippen molar-refractivity contribution in [2.75, 3.05) is 0 Å². The van der Waals surface area contributed by atoms with Crippen molar-refractivity contribution in [1.82, 2.24) is 14.7 Å². The summed E-state index contributed by atoms with van der Waals surface area (Å²) < 4.78 is 1.19. The van der Waals surface area contributed by atoms with E-state index in [1.165, 1.54) is 15.8 Å². The van der Waals surface area contributed by atoms with Crippen LogP contribution in [-0.4, -0.2) is 48.7 Å². The van der Waals surface area contributed by atoms with Gasteiger partial charge in [-0.15, -0.1) is 0 Å². The molecule has 0 radical (unpaired) electrons. The van der Waals surface area contributed by atoms with E-state index < -0.39 is 16.9 Å². The van der Waals surface area contributed by atoms with Crippen molar-refractivity contribution < 1.29 is 19.6 Å². The number of carbonyl (C=O) groups is 2. The largest absolute Gasteiger partial charge is 0.480 e. The number of nitro groups is 1. The fraction of sp³-hybridized carbons (Fsp3) is 0.643. The summed E-state index contributed by atoms with van der Waals surface area (Å²) in [6, 6.07) is -0.843. The average molecular weight is 322 g/mol. The van der Waals surface area contributed by atoms with Gasteiger partial charge in [-0.25, -0.2) is 4.79 Å². The van der Waals surface area contributed by atoms with Gasteiger partial charge in [0.15, 0.2) is 0 Å². The van der Waals surface area contributed by atoms with Gasteiger partial charge in [-0.2, -0.15) is 5.10 Å². The topological polar surface area (TPSA) is 119 Å². The van der Waals surface area contributed by atoms with E-state index in [9.17, 15) is 24.8 Å². The lowest BCUT2D eigenvalue weighted by atomic mass is 9.85. The predicted octanol–water partition coefficient (Wildman–Crippen LogP) is 1.04. The molecular weight excluding hydrogens is 304 g/mol. The monoisotopic (exact) mass is 322 g/mol. The van der Waals surface area contributed by atoms with Gasteiger partial charge in [0.25, 0.3) is 0 Å². The van der Waals surface area contributed by atoms with Gasteiger partial charge in [0.2, 0.25) is 5.91 Å². The van der Waals surface area contributed by atoms with E-state index >= 15 is 0 Å². The Kier molecular flexibility index (Phi) is 4.01. The quantitative estimate of drug-likeness (QED) is 0.653. The Hall–Kier alpha value is -2.45. The summed E-state index contributed by atoms with van der Waals surface area (Å²) in [6.45, 7) is -0.180. The smallest absolute Gasteiger partial charge is 0.326 e. The normalized spacial score (nSPS) is 26.8. The highest BCUT2D eigenvalue weighted by atomic mass is 16.6. The Morgan fingerprint density at radius 1 is 1.39 bits per heavy atom. The molecule has 3 rings (SSSR count). The van der Waals surface area contributed by atoms with Crippen molar-refractivity contribution >= 4 is 17.6 Å². The summed E-state index contributed by atoms with van der Waals surface area (Å²) in [4.78, 5) is 35.6. The van der Waals surface area contributed by atoms with E-state index in [0.717, 1.165) is 31.9 Å². The molecule has 3 atom stereocenters. The lowest BCUT2D eigenvalue weighted by Crippen LogP contribution is -2.47. The van der Waals surface area contributed by atoms with Crippen LogP contribution in [0.2, 0.25) is 0 Å². The van der Waals surface area contributed by atoms with Crippen LogP contribution in [0.25, 0.3) is 0 Å². The minimum absolute atomic E-state index is 0.0390. The molecule has 1 N–H and O–H groups in total. The molecule has 23 heavy (non-hydrogen) atoms. The third kappa shape index (κ3) is 2.90. The molecule has 1 aliphatic heterocycles. The molecule has 1 saturated carbocycles. The summed E-state index contributed by atoms with van der Waals surface area (Å²) in [5.74, 6) is -1.09. The van der Waals surface area contributed by atoms with Crippen LogP contribution in [0, 0.1) is 16.0 Å². The van der Waals surface area contributed by atoms with Crippen LogP contribution in [0.3, 0.4) is 0 Å². The third-order valence-electron chi connectivity index (χ3n) is 4.79. The molecular formula is C14H18N4O5. The minimum atomic E-state index is -0.987. The number of aliphatic carboxylic acids is 1. The van der Waals surface area contributed by atoms with Crippen LogP contribution in [-0.2, 0) is 16.1 Å². The van der Waals surface area contributed by atoms with Gasteiger partial charge in [0.05, 0.1) is 4.92 Å². The van der Waals surface area contributed by atoms with Crippen molar-refractivity contribution in [2.45, 2.75) is 50.7 Å². The van der Waals surface area contributed by atoms with E-state index in [1.54, 1.807) is 0 Å². The second-order valence-electron chi connectivity index (χ2n) is 6.16. The molecule has 1 aromatic heterocycles. The minimum Gasteiger partial charge on any atom is -0.480 e. The summed E-state index contributed by atoms with van der Waals surface area (Å²) in [7, 11) is 0. The summed E-state index contributed by atoms with van der Waals surface area (Å²) in [6.07, 6.45) is 6.58. The van der Waals surface area contributed by atoms with Crippen LogP contribution in [0.4, 0.5) is 5.69 Å². The Bertz CT molecular complexity index is 643. The highest BCUT2D eigenvalue weighted by Crippen LogP contribution is 2.39. The molecule has 9 heteroatoms. The van der Waals surface area contributed by atoms with Gasteiger partial charge in [-0.05, 0) is 25.2 Å². The number of nitrogens with zero attached hydrogens (tertiary/aromatic N) is 4. The highest BCUT2D eigenvalue weighted by Gasteiger charge is 2.47. The van der Waals surface area contributed by atoms with Crippen LogP contribution in [0.15, 0.2) is 12.4 Å². The molecule has 3 unspecified atom stereocenters. The number of carbonyl (C=O) groups excluding carboxylic acids is 1. The van der Waals surface area contributed by atoms with Crippen LogP contribution >= 0.6 is 0 Å². The van der Waals surface area contributed by atoms with Crippen molar-refractivity contribution in [3.8, 4) is 0 Å². The second kappa shape index (κ2) is 5.98. The molecule has 1 saturated heterocycles. The number of aromatic nitrogens is 2. The molecule has 0 bridgehead atoms. The maximum Gasteiger partial charge on any atom is 0.326 e. The molecule has 1 aliphatic carbocycles. The Labute approximate surface area is 132 Å². The zero-order valence-electron chi connectivity index (χ0n) is 12.5. The third-order valence-corrected chi connectivity index (χ3v) is 4.79. The van der Waals surface area contributed by atoms with E-state index in [1.807, 2.05) is 0 Å². The van der Waals surface area contributed by atoms with E-state index in [4.69, 9.17) is 0 Å². The van der Waals surface area contributed by atoms with Gasteiger partial charge < -0.3 is 10.0 Å². The number of hydrogen-bond acceptors (Lipinski definition) is 5. The molecule has 124 valence electrons. The van der Waals surface area contributed by atoms with Crippen molar-refractivity contribution in [3.05, 3.63) is 22.5 Å². The first-order valence-corrected chi connectivity index (χ1v) is 7.68. The lowest BCUT2D eigenvalue weighted by molar-refractivity contribution is -0.385. The second-order valence-corrected chi connectivity index (χ2v) is 6.16. The number of rotatable bonds is 4. The van der Waals surface area contributed by atoms with Gasteiger partial charge in [0.1, 0.15) is 25.0 Å². The lowest BCUT2D eigenvalue weighted by Gasteiger charge is -2.33. The number of carboxylic acid groups (broad SMARTS) is 1. The van der Waals surface area contributed by atoms with Crippen molar-refractivity contribution in [1.29, 1.82) is 0 Å². The molecule has 0 aromatic carbocycles. The Morgan fingerprint density at radius 2 is 2.13 bits per heavy atom. The molecule has 2 heterocycles. The van der Waals surface area contributed by atoms with Gasteiger partial charge in [-0.3, -0.25) is 19.6 Å². The van der Waals surface area contributed by atoms with Gasteiger partial charge in [-0.1, -0.05) is 12.8 Å². The molecule has 1 amide bonds. The fourth-order valence-corrected chi connectivity index (χ4v) is 3.79. The van der Waals surface area contributed by atoms with Gasteiger partial charge in [0, 0.05) is 6.04 Å². The first-order valence-electron chi connectivity index (χ1n) is 7.68. The molecule has 2 aliphatic rings. The summed E-state index contributed by atoms with van der Waals surface area (Å²) >= 11 is 0. The Balaban J connectivity index is 1.77. The maximum atomic E-state index is 12.6. The molecule has 9 nitrogen and oxygen atoms in total. The van der Waals surface area contributed by atoms with Gasteiger partial charge >= 0.3 is 11.7 Å². The zero-order valence-corrected chi connectivity index (χ0v) is 12.5.